The van der Waals surface area contributed by atoms with Crippen molar-refractivity contribution in [3.63, 3.8) is 0 Å². The Morgan fingerprint density at radius 1 is 1.27 bits per heavy atom. The van der Waals surface area contributed by atoms with Crippen LogP contribution in [0.4, 0.5) is 0 Å². The van der Waals surface area contributed by atoms with Crippen molar-refractivity contribution in [3.8, 4) is 5.75 Å². The minimum absolute atomic E-state index is 0.134. The number of ketones is 2. The van der Waals surface area contributed by atoms with Crippen LogP contribution in [-0.4, -0.2) is 18.7 Å². The van der Waals surface area contributed by atoms with Gasteiger partial charge in [-0.1, -0.05) is 19.1 Å². The molecule has 0 spiro atoms. The highest BCUT2D eigenvalue weighted by Crippen LogP contribution is 2.57. The van der Waals surface area contributed by atoms with Crippen LogP contribution in [-0.2, 0) is 16.0 Å². The van der Waals surface area contributed by atoms with Crippen LogP contribution in [0.1, 0.15) is 37.3 Å². The lowest BCUT2D eigenvalue weighted by molar-refractivity contribution is -0.139. The van der Waals surface area contributed by atoms with E-state index in [1.54, 1.807) is 7.11 Å². The highest BCUT2D eigenvalue weighted by molar-refractivity contribution is 6.41. The van der Waals surface area contributed by atoms with Gasteiger partial charge in [0.05, 0.1) is 7.11 Å². The summed E-state index contributed by atoms with van der Waals surface area (Å²) in [4.78, 5) is 24.5. The first-order valence-electron chi connectivity index (χ1n) is 8.00. The van der Waals surface area contributed by atoms with Crippen LogP contribution in [0.15, 0.2) is 24.3 Å². The molecule has 22 heavy (non-hydrogen) atoms. The molecule has 0 amide bonds. The molecule has 0 heterocycles. The molecule has 1 aromatic carbocycles. The summed E-state index contributed by atoms with van der Waals surface area (Å²) in [6.45, 7) is 2.02. The number of allylic oxidation sites excluding steroid dienone is 2. The number of methoxy groups -OCH3 is 1. The molecule has 1 saturated carbocycles. The second kappa shape index (κ2) is 4.55. The molecule has 0 saturated heterocycles. The summed E-state index contributed by atoms with van der Waals surface area (Å²) in [5.41, 5.74) is 3.31. The van der Waals surface area contributed by atoms with Crippen molar-refractivity contribution in [1.82, 2.24) is 0 Å². The van der Waals surface area contributed by atoms with Crippen LogP contribution in [0.2, 0.25) is 0 Å². The Labute approximate surface area is 130 Å². The Bertz CT molecular complexity index is 715. The van der Waals surface area contributed by atoms with Crippen LogP contribution in [0, 0.1) is 17.3 Å². The molecule has 3 aliphatic rings. The molecule has 3 nitrogen and oxygen atoms in total. The molecule has 1 fully saturated rings. The fourth-order valence-electron chi connectivity index (χ4n) is 4.76. The second-order valence-electron chi connectivity index (χ2n) is 6.95. The molecule has 0 unspecified atom stereocenters. The number of carbonyl (C=O) groups excluding carboxylic acids is 2. The largest absolute Gasteiger partial charge is 0.497 e. The molecule has 4 rings (SSSR count). The molecule has 0 radical (unpaired) electrons. The third-order valence-corrected chi connectivity index (χ3v) is 6.07. The van der Waals surface area contributed by atoms with Crippen molar-refractivity contribution in [2.45, 2.75) is 32.6 Å². The fourth-order valence-corrected chi connectivity index (χ4v) is 4.76. The number of ether oxygens (including phenoxy) is 1. The summed E-state index contributed by atoms with van der Waals surface area (Å²) in [7, 11) is 1.68. The zero-order valence-corrected chi connectivity index (χ0v) is 13.0. The first kappa shape index (κ1) is 13.7. The molecule has 114 valence electrons. The monoisotopic (exact) mass is 296 g/mol. The Morgan fingerprint density at radius 2 is 2.09 bits per heavy atom. The molecule has 1 aromatic rings. The van der Waals surface area contributed by atoms with Gasteiger partial charge in [-0.25, -0.2) is 0 Å². The van der Waals surface area contributed by atoms with E-state index in [1.165, 1.54) is 16.7 Å². The molecule has 3 heteroatoms. The van der Waals surface area contributed by atoms with Gasteiger partial charge in [0.25, 0.3) is 0 Å². The predicted molar refractivity (Wildman–Crippen MR) is 83.6 cm³/mol. The number of hydrogen-bond acceptors (Lipinski definition) is 3. The minimum Gasteiger partial charge on any atom is -0.497 e. The van der Waals surface area contributed by atoms with Crippen molar-refractivity contribution in [2.24, 2.45) is 17.3 Å². The standard InChI is InChI=1S/C19H20O3/c1-19-12(10-17(20)18(19)21)4-6-15-14-7-5-13(22-2)9-11(14)3-8-16(15)19/h5-7,9,12,16H,3-4,8,10H2,1-2H3/t12-,16-,19+/m0/s1. The van der Waals surface area contributed by atoms with Crippen molar-refractivity contribution in [1.29, 1.82) is 0 Å². The van der Waals surface area contributed by atoms with E-state index in [1.807, 2.05) is 13.0 Å². The van der Waals surface area contributed by atoms with Gasteiger partial charge in [0, 0.05) is 11.8 Å². The Hall–Kier alpha value is -1.90. The van der Waals surface area contributed by atoms with E-state index in [0.29, 0.717) is 6.42 Å². The van der Waals surface area contributed by atoms with E-state index < -0.39 is 5.41 Å². The lowest BCUT2D eigenvalue weighted by Crippen LogP contribution is -2.42. The van der Waals surface area contributed by atoms with E-state index in [9.17, 15) is 9.59 Å². The first-order valence-corrected chi connectivity index (χ1v) is 8.00. The van der Waals surface area contributed by atoms with E-state index in [0.717, 1.165) is 25.0 Å². The predicted octanol–water partition coefficient (Wildman–Crippen LogP) is 3.21. The molecule has 0 N–H and O–H groups in total. The average Bonchev–Trinajstić information content (AvgIpc) is 2.77. The smallest absolute Gasteiger partial charge is 0.205 e. The summed E-state index contributed by atoms with van der Waals surface area (Å²) < 4.78 is 5.32. The van der Waals surface area contributed by atoms with Gasteiger partial charge in [0.1, 0.15) is 5.75 Å². The molecule has 3 atom stereocenters. The van der Waals surface area contributed by atoms with Crippen LogP contribution < -0.4 is 4.74 Å². The number of Topliss-reactive ketones (excluding diaryl/α,β-unsaturated/α-hetero) is 2. The van der Waals surface area contributed by atoms with E-state index in [-0.39, 0.29) is 23.4 Å². The van der Waals surface area contributed by atoms with Gasteiger partial charge < -0.3 is 4.74 Å². The minimum atomic E-state index is -0.487. The molecule has 0 aliphatic heterocycles. The maximum Gasteiger partial charge on any atom is 0.205 e. The summed E-state index contributed by atoms with van der Waals surface area (Å²) >= 11 is 0. The van der Waals surface area contributed by atoms with Gasteiger partial charge in [-0.2, -0.15) is 0 Å². The third-order valence-electron chi connectivity index (χ3n) is 6.07. The molecular formula is C19H20O3. The van der Waals surface area contributed by atoms with Crippen LogP contribution in [0.25, 0.3) is 5.57 Å². The van der Waals surface area contributed by atoms with Gasteiger partial charge >= 0.3 is 0 Å². The normalized spacial score (nSPS) is 32.9. The van der Waals surface area contributed by atoms with Crippen molar-refractivity contribution in [2.75, 3.05) is 7.11 Å². The fraction of sp³-hybridized carbons (Fsp3) is 0.474. The summed E-state index contributed by atoms with van der Waals surface area (Å²) in [5, 5.41) is 0. The first-order chi connectivity index (χ1) is 10.6. The number of benzene rings is 1. The maximum atomic E-state index is 12.5. The van der Waals surface area contributed by atoms with Crippen LogP contribution >= 0.6 is 0 Å². The Morgan fingerprint density at radius 3 is 2.86 bits per heavy atom. The molecular weight excluding hydrogens is 276 g/mol. The molecule has 0 aromatic heterocycles. The summed E-state index contributed by atoms with van der Waals surface area (Å²) in [6.07, 6.45) is 5.43. The zero-order chi connectivity index (χ0) is 15.5. The third kappa shape index (κ3) is 1.62. The Kier molecular flexibility index (Phi) is 2.84. The second-order valence-corrected chi connectivity index (χ2v) is 6.95. The van der Waals surface area contributed by atoms with Crippen molar-refractivity contribution < 1.29 is 14.3 Å². The van der Waals surface area contributed by atoms with Crippen LogP contribution in [0.3, 0.4) is 0 Å². The number of fused-ring (bicyclic) bond motifs is 5. The topological polar surface area (TPSA) is 43.4 Å². The van der Waals surface area contributed by atoms with E-state index >= 15 is 0 Å². The quantitative estimate of drug-likeness (QED) is 0.747. The number of hydrogen-bond donors (Lipinski definition) is 0. The summed E-state index contributed by atoms with van der Waals surface area (Å²) in [5.74, 6) is 0.963. The zero-order valence-electron chi connectivity index (χ0n) is 13.0. The number of carbonyl (C=O) groups is 2. The number of rotatable bonds is 1. The SMILES string of the molecule is COc1ccc2c(c1)CC[C@H]1C2=CC[C@H]2CC(=O)C(=O)[C@]21C. The highest BCUT2D eigenvalue weighted by atomic mass is 16.5. The Balaban J connectivity index is 1.81. The molecule has 0 bridgehead atoms. The highest BCUT2D eigenvalue weighted by Gasteiger charge is 2.57. The maximum absolute atomic E-state index is 12.5. The van der Waals surface area contributed by atoms with Gasteiger partial charge in [-0.05, 0) is 59.9 Å². The average molecular weight is 296 g/mol. The van der Waals surface area contributed by atoms with Gasteiger partial charge in [0.15, 0.2) is 5.78 Å². The lowest BCUT2D eigenvalue weighted by Gasteiger charge is -2.44. The van der Waals surface area contributed by atoms with E-state index in [4.69, 9.17) is 4.74 Å². The lowest BCUT2D eigenvalue weighted by atomic mass is 9.57. The van der Waals surface area contributed by atoms with Crippen molar-refractivity contribution >= 4 is 17.1 Å². The van der Waals surface area contributed by atoms with Gasteiger partial charge in [0.2, 0.25) is 5.78 Å². The summed E-state index contributed by atoms with van der Waals surface area (Å²) in [6, 6.07) is 6.19. The van der Waals surface area contributed by atoms with Crippen molar-refractivity contribution in [3.05, 3.63) is 35.4 Å². The molecule has 3 aliphatic carbocycles. The van der Waals surface area contributed by atoms with Gasteiger partial charge in [-0.3, -0.25) is 9.59 Å². The van der Waals surface area contributed by atoms with Gasteiger partial charge in [-0.15, -0.1) is 0 Å². The van der Waals surface area contributed by atoms with Crippen LogP contribution in [0.5, 0.6) is 5.75 Å². The van der Waals surface area contributed by atoms with E-state index in [2.05, 4.69) is 18.2 Å². The number of aryl methyl sites for hydroxylation is 1.